The number of benzene rings is 2. The molecule has 2 aromatic carbocycles. The van der Waals surface area contributed by atoms with Gasteiger partial charge in [0.05, 0.1) is 6.04 Å². The fourth-order valence-corrected chi connectivity index (χ4v) is 2.72. The van der Waals surface area contributed by atoms with E-state index >= 15 is 0 Å². The summed E-state index contributed by atoms with van der Waals surface area (Å²) in [5, 5.41) is 3.23. The molecule has 1 nitrogen and oxygen atoms in total. The Hall–Kier alpha value is -1.62. The number of alkyl halides is 2. The van der Waals surface area contributed by atoms with Crippen LogP contribution in [-0.4, -0.2) is 5.76 Å². The minimum atomic E-state index is -2.47. The summed E-state index contributed by atoms with van der Waals surface area (Å²) < 4.78 is 38.5. The Morgan fingerprint density at radius 1 is 1.10 bits per heavy atom. The molecule has 2 aromatic rings. The number of thioether (sulfide) groups is 1. The van der Waals surface area contributed by atoms with E-state index in [1.807, 2.05) is 13.0 Å². The molecule has 0 bridgehead atoms. The highest BCUT2D eigenvalue weighted by Crippen LogP contribution is 2.34. The van der Waals surface area contributed by atoms with Crippen LogP contribution in [0.1, 0.15) is 24.9 Å². The van der Waals surface area contributed by atoms with Gasteiger partial charge in [-0.3, -0.25) is 0 Å². The molecule has 21 heavy (non-hydrogen) atoms. The highest BCUT2D eigenvalue weighted by atomic mass is 32.2. The van der Waals surface area contributed by atoms with Crippen LogP contribution in [0.4, 0.5) is 18.9 Å². The summed E-state index contributed by atoms with van der Waals surface area (Å²) in [7, 11) is 0. The zero-order chi connectivity index (χ0) is 15.2. The second-order valence-corrected chi connectivity index (χ2v) is 5.57. The van der Waals surface area contributed by atoms with Crippen molar-refractivity contribution in [1.29, 1.82) is 0 Å². The number of nitrogens with one attached hydrogen (secondary N) is 1. The molecule has 0 saturated carbocycles. The maximum Gasteiger partial charge on any atom is 0.288 e. The van der Waals surface area contributed by atoms with E-state index in [2.05, 4.69) is 5.32 Å². The predicted octanol–water partition coefficient (Wildman–Crippen LogP) is 5.70. The lowest BCUT2D eigenvalue weighted by atomic mass is 10.0. The minimum absolute atomic E-state index is 0.125. The van der Waals surface area contributed by atoms with Crippen LogP contribution in [0.15, 0.2) is 53.4 Å². The van der Waals surface area contributed by atoms with Crippen molar-refractivity contribution in [2.75, 3.05) is 5.32 Å². The van der Waals surface area contributed by atoms with E-state index in [-0.39, 0.29) is 11.9 Å². The molecule has 112 valence electrons. The number of para-hydroxylation sites is 1. The smallest absolute Gasteiger partial charge is 0.288 e. The Bertz CT molecular complexity index is 589. The maximum absolute atomic E-state index is 13.3. The average Bonchev–Trinajstić information content (AvgIpc) is 2.45. The fraction of sp³-hybridized carbons (Fsp3) is 0.250. The van der Waals surface area contributed by atoms with Crippen LogP contribution in [0.25, 0.3) is 0 Å². The van der Waals surface area contributed by atoms with Gasteiger partial charge in [0, 0.05) is 10.6 Å². The second kappa shape index (κ2) is 7.41. The zero-order valence-corrected chi connectivity index (χ0v) is 12.3. The van der Waals surface area contributed by atoms with Crippen molar-refractivity contribution in [1.82, 2.24) is 0 Å². The first-order valence-corrected chi connectivity index (χ1v) is 7.54. The molecule has 0 fully saturated rings. The molecule has 0 radical (unpaired) electrons. The molecule has 1 unspecified atom stereocenters. The van der Waals surface area contributed by atoms with Gasteiger partial charge < -0.3 is 5.32 Å². The Morgan fingerprint density at radius 2 is 1.86 bits per heavy atom. The molecule has 0 saturated heterocycles. The van der Waals surface area contributed by atoms with Gasteiger partial charge in [-0.05, 0) is 36.2 Å². The Kier molecular flexibility index (Phi) is 5.56. The van der Waals surface area contributed by atoms with E-state index in [9.17, 15) is 13.2 Å². The van der Waals surface area contributed by atoms with Crippen LogP contribution < -0.4 is 5.32 Å². The Balaban J connectivity index is 2.23. The summed E-state index contributed by atoms with van der Waals surface area (Å²) in [5.74, 6) is -2.77. The van der Waals surface area contributed by atoms with Gasteiger partial charge in [-0.25, -0.2) is 4.39 Å². The molecule has 5 heteroatoms. The number of rotatable bonds is 6. The Morgan fingerprint density at radius 3 is 2.52 bits per heavy atom. The van der Waals surface area contributed by atoms with Gasteiger partial charge in [0.25, 0.3) is 5.76 Å². The van der Waals surface area contributed by atoms with Crippen molar-refractivity contribution in [3.63, 3.8) is 0 Å². The highest BCUT2D eigenvalue weighted by Gasteiger charge is 2.14. The van der Waals surface area contributed by atoms with E-state index in [0.29, 0.717) is 22.3 Å². The second-order valence-electron chi connectivity index (χ2n) is 4.53. The number of hydrogen-bond acceptors (Lipinski definition) is 2. The molecule has 1 N–H and O–H groups in total. The number of halogens is 3. The van der Waals surface area contributed by atoms with Crippen molar-refractivity contribution in [2.24, 2.45) is 0 Å². The van der Waals surface area contributed by atoms with Gasteiger partial charge in [0.2, 0.25) is 0 Å². The van der Waals surface area contributed by atoms with Gasteiger partial charge in [0.15, 0.2) is 0 Å². The molecule has 2 rings (SSSR count). The molecule has 0 spiro atoms. The first kappa shape index (κ1) is 15.8. The molecular weight excluding hydrogens is 295 g/mol. The van der Waals surface area contributed by atoms with E-state index < -0.39 is 5.76 Å². The molecule has 0 aliphatic rings. The molecule has 0 aliphatic carbocycles. The summed E-state index contributed by atoms with van der Waals surface area (Å²) in [4.78, 5) is 0.488. The standard InChI is InChI=1S/C16H16F3NS/c1-2-13(11-6-5-7-12(17)10-11)20-14-8-3-4-9-15(14)21-16(18)19/h3-10,13,16,20H,2H2,1H3. The van der Waals surface area contributed by atoms with Gasteiger partial charge in [-0.1, -0.05) is 43.0 Å². The van der Waals surface area contributed by atoms with Gasteiger partial charge in [0.1, 0.15) is 5.82 Å². The van der Waals surface area contributed by atoms with E-state index in [1.54, 1.807) is 30.3 Å². The molecule has 0 aliphatic heterocycles. The van der Waals surface area contributed by atoms with Crippen LogP contribution in [0.2, 0.25) is 0 Å². The third-order valence-corrected chi connectivity index (χ3v) is 3.88. The van der Waals surface area contributed by atoms with E-state index in [0.717, 1.165) is 12.0 Å². The highest BCUT2D eigenvalue weighted by molar-refractivity contribution is 7.99. The minimum Gasteiger partial charge on any atom is -0.377 e. The SMILES string of the molecule is CCC(Nc1ccccc1SC(F)F)c1cccc(F)c1. The van der Waals surface area contributed by atoms with Crippen LogP contribution in [0, 0.1) is 5.82 Å². The first-order valence-electron chi connectivity index (χ1n) is 6.66. The first-order chi connectivity index (χ1) is 10.1. The lowest BCUT2D eigenvalue weighted by molar-refractivity contribution is 0.252. The summed E-state index contributed by atoms with van der Waals surface area (Å²) in [6, 6.07) is 13.1. The molecule has 0 amide bonds. The van der Waals surface area contributed by atoms with Gasteiger partial charge >= 0.3 is 0 Å². The third-order valence-electron chi connectivity index (χ3n) is 3.09. The lowest BCUT2D eigenvalue weighted by Crippen LogP contribution is -2.10. The van der Waals surface area contributed by atoms with Crippen LogP contribution in [0.3, 0.4) is 0 Å². The van der Waals surface area contributed by atoms with Crippen LogP contribution in [-0.2, 0) is 0 Å². The largest absolute Gasteiger partial charge is 0.377 e. The third kappa shape index (κ3) is 4.43. The normalized spacial score (nSPS) is 12.4. The van der Waals surface area contributed by atoms with Crippen LogP contribution in [0.5, 0.6) is 0 Å². The summed E-state index contributed by atoms with van der Waals surface area (Å²) in [6.45, 7) is 1.96. The van der Waals surface area contributed by atoms with Crippen molar-refractivity contribution < 1.29 is 13.2 Å². The molecule has 1 atom stereocenters. The lowest BCUT2D eigenvalue weighted by Gasteiger charge is -2.20. The van der Waals surface area contributed by atoms with E-state index in [4.69, 9.17) is 0 Å². The summed E-state index contributed by atoms with van der Waals surface area (Å²) in [6.07, 6.45) is 0.719. The van der Waals surface area contributed by atoms with E-state index in [1.165, 1.54) is 12.1 Å². The monoisotopic (exact) mass is 311 g/mol. The van der Waals surface area contributed by atoms with Gasteiger partial charge in [-0.15, -0.1) is 0 Å². The van der Waals surface area contributed by atoms with Crippen molar-refractivity contribution in [3.8, 4) is 0 Å². The molecular formula is C16H16F3NS. The van der Waals surface area contributed by atoms with Gasteiger partial charge in [-0.2, -0.15) is 8.78 Å². The summed E-state index contributed by atoms with van der Waals surface area (Å²) >= 11 is 0.506. The number of anilines is 1. The fourth-order valence-electron chi connectivity index (χ4n) is 2.12. The van der Waals surface area contributed by atoms with Crippen molar-refractivity contribution in [3.05, 3.63) is 59.9 Å². The Labute approximate surface area is 126 Å². The molecule has 0 heterocycles. The number of hydrogen-bond donors (Lipinski definition) is 1. The topological polar surface area (TPSA) is 12.0 Å². The maximum atomic E-state index is 13.3. The van der Waals surface area contributed by atoms with Crippen LogP contribution >= 0.6 is 11.8 Å². The zero-order valence-electron chi connectivity index (χ0n) is 11.5. The summed E-state index contributed by atoms with van der Waals surface area (Å²) in [5.41, 5.74) is 1.44. The average molecular weight is 311 g/mol. The van der Waals surface area contributed by atoms with Crippen molar-refractivity contribution >= 4 is 17.4 Å². The molecule has 0 aromatic heterocycles. The van der Waals surface area contributed by atoms with Crippen molar-refractivity contribution in [2.45, 2.75) is 30.0 Å². The predicted molar refractivity (Wildman–Crippen MR) is 81.4 cm³/mol. The quantitative estimate of drug-likeness (QED) is 0.686.